The van der Waals surface area contributed by atoms with Crippen LogP contribution in [0, 0.1) is 37.5 Å². The van der Waals surface area contributed by atoms with Gasteiger partial charge >= 0.3 is 0 Å². The minimum atomic E-state index is -1.61. The van der Waals surface area contributed by atoms with E-state index in [4.69, 9.17) is 9.47 Å². The molecule has 0 aromatic heterocycles. The number of hydrogen-bond acceptors (Lipinski definition) is 7. The van der Waals surface area contributed by atoms with Gasteiger partial charge in [-0.2, -0.15) is 0 Å². The summed E-state index contributed by atoms with van der Waals surface area (Å²) in [5, 5.41) is 25.5. The van der Waals surface area contributed by atoms with Crippen LogP contribution in [0.15, 0.2) is 66.7 Å². The number of aryl methyl sites for hydroxylation is 2. The number of para-hydroxylation sites is 1. The topological polar surface area (TPSA) is 108 Å². The molecule has 2 saturated heterocycles. The van der Waals surface area contributed by atoms with Crippen molar-refractivity contribution in [2.45, 2.75) is 38.6 Å². The van der Waals surface area contributed by atoms with Gasteiger partial charge in [0.25, 0.3) is 0 Å². The molecule has 2 heterocycles. The third-order valence-corrected chi connectivity index (χ3v) is 8.80. The molecule has 2 amide bonds. The van der Waals surface area contributed by atoms with Gasteiger partial charge in [0.2, 0.25) is 11.8 Å². The third kappa shape index (κ3) is 4.27. The molecule has 8 nitrogen and oxygen atoms in total. The highest BCUT2D eigenvalue weighted by molar-refractivity contribution is 6.22. The lowest BCUT2D eigenvalue weighted by Gasteiger charge is -2.44. The molecule has 3 N–H and O–H groups in total. The zero-order chi connectivity index (χ0) is 28.2. The predicted molar refractivity (Wildman–Crippen MR) is 150 cm³/mol. The number of aromatic hydroxyl groups is 1. The Morgan fingerprint density at radius 1 is 0.975 bits per heavy atom. The zero-order valence-electron chi connectivity index (χ0n) is 22.8. The van der Waals surface area contributed by atoms with Gasteiger partial charge in [0.05, 0.1) is 30.2 Å². The Hall–Kier alpha value is -3.72. The maximum atomic E-state index is 13.9. The van der Waals surface area contributed by atoms with Gasteiger partial charge in [0.15, 0.2) is 5.79 Å². The summed E-state index contributed by atoms with van der Waals surface area (Å²) < 4.78 is 11.8. The summed E-state index contributed by atoms with van der Waals surface area (Å²) in [6, 6.07) is 20.7. The number of nitrogens with zero attached hydrogens (tertiary/aromatic N) is 1. The predicted octanol–water partition coefficient (Wildman–Crippen LogP) is 4.99. The number of carbonyl (C=O) groups is 2. The van der Waals surface area contributed by atoms with Crippen LogP contribution in [0.1, 0.15) is 35.6 Å². The van der Waals surface area contributed by atoms with Crippen molar-refractivity contribution in [3.05, 3.63) is 83.4 Å². The van der Waals surface area contributed by atoms with Crippen molar-refractivity contribution in [1.29, 1.82) is 0 Å². The summed E-state index contributed by atoms with van der Waals surface area (Å²) in [5.41, 5.74) is 4.56. The molecule has 1 saturated carbocycles. The van der Waals surface area contributed by atoms with Gasteiger partial charge in [-0.05, 0) is 91.9 Å². The van der Waals surface area contributed by atoms with Gasteiger partial charge in [-0.25, -0.2) is 0 Å². The second-order valence-electron chi connectivity index (χ2n) is 11.3. The number of imide groups is 1. The van der Waals surface area contributed by atoms with E-state index in [1.165, 1.54) is 4.90 Å². The molecule has 208 valence electrons. The molecule has 6 rings (SSSR count). The third-order valence-electron chi connectivity index (χ3n) is 8.80. The van der Waals surface area contributed by atoms with E-state index in [0.717, 1.165) is 28.1 Å². The number of carbonyl (C=O) groups excluding carboxylic acids is 2. The number of benzene rings is 3. The molecule has 0 spiro atoms. The highest BCUT2D eigenvalue weighted by Crippen LogP contribution is 2.58. The van der Waals surface area contributed by atoms with E-state index in [-0.39, 0.29) is 24.2 Å². The molecule has 2 aliphatic heterocycles. The first-order valence-corrected chi connectivity index (χ1v) is 13.7. The molecule has 3 aromatic carbocycles. The van der Waals surface area contributed by atoms with Gasteiger partial charge in [-0.3, -0.25) is 14.5 Å². The normalized spacial score (nSPS) is 29.4. The maximum absolute atomic E-state index is 13.9. The SMILES string of the molecule is COC[C@H]1C[C@@H]2C(=O)N(c3ccc(Nc4ccccc4)cc3)C(=O)[C@@H]2[C@@H]2C[C@@H](c3cc(C)c(O)c(C)c3)O[C@]12O. The first-order chi connectivity index (χ1) is 19.2. The number of phenols is 1. The van der Waals surface area contributed by atoms with E-state index in [0.29, 0.717) is 18.5 Å². The molecule has 0 radical (unpaired) electrons. The van der Waals surface area contributed by atoms with E-state index in [2.05, 4.69) is 5.32 Å². The van der Waals surface area contributed by atoms with Gasteiger partial charge < -0.3 is 25.0 Å². The van der Waals surface area contributed by atoms with Crippen LogP contribution < -0.4 is 10.2 Å². The van der Waals surface area contributed by atoms with Crippen LogP contribution in [0.25, 0.3) is 0 Å². The fourth-order valence-corrected chi connectivity index (χ4v) is 6.89. The van der Waals surface area contributed by atoms with Gasteiger partial charge in [-0.1, -0.05) is 18.2 Å². The minimum Gasteiger partial charge on any atom is -0.507 e. The number of rotatable bonds is 6. The minimum absolute atomic E-state index is 0.206. The molecule has 3 aliphatic rings. The fourth-order valence-electron chi connectivity index (χ4n) is 6.89. The van der Waals surface area contributed by atoms with E-state index < -0.39 is 35.6 Å². The Bertz CT molecular complexity index is 1420. The Labute approximate surface area is 233 Å². The number of fused-ring (bicyclic) bond motifs is 3. The molecule has 3 aromatic rings. The van der Waals surface area contributed by atoms with E-state index >= 15 is 0 Å². The number of ether oxygens (including phenoxy) is 2. The van der Waals surface area contributed by atoms with Crippen molar-refractivity contribution in [3.8, 4) is 5.75 Å². The van der Waals surface area contributed by atoms with Crippen molar-refractivity contribution in [2.75, 3.05) is 23.9 Å². The lowest BCUT2D eigenvalue weighted by molar-refractivity contribution is -0.275. The molecular weight excluding hydrogens is 508 g/mol. The van der Waals surface area contributed by atoms with Crippen LogP contribution in [0.3, 0.4) is 0 Å². The van der Waals surface area contributed by atoms with Crippen LogP contribution in [-0.2, 0) is 19.1 Å². The van der Waals surface area contributed by atoms with Crippen LogP contribution in [0.2, 0.25) is 0 Å². The molecule has 0 unspecified atom stereocenters. The quantitative estimate of drug-likeness (QED) is 0.377. The second-order valence-corrected chi connectivity index (χ2v) is 11.3. The van der Waals surface area contributed by atoms with Crippen LogP contribution in [0.4, 0.5) is 17.1 Å². The summed E-state index contributed by atoms with van der Waals surface area (Å²) >= 11 is 0. The summed E-state index contributed by atoms with van der Waals surface area (Å²) in [6.45, 7) is 3.85. The maximum Gasteiger partial charge on any atom is 0.238 e. The molecule has 8 heteroatoms. The van der Waals surface area contributed by atoms with Gasteiger partial charge in [0, 0.05) is 30.3 Å². The van der Waals surface area contributed by atoms with Crippen LogP contribution >= 0.6 is 0 Å². The molecule has 40 heavy (non-hydrogen) atoms. The Morgan fingerprint density at radius 3 is 2.27 bits per heavy atom. The van der Waals surface area contributed by atoms with E-state index in [9.17, 15) is 19.8 Å². The van der Waals surface area contributed by atoms with Crippen LogP contribution in [-0.4, -0.2) is 41.5 Å². The molecule has 6 atom stereocenters. The highest BCUT2D eigenvalue weighted by Gasteiger charge is 2.66. The van der Waals surface area contributed by atoms with E-state index in [1.54, 1.807) is 19.2 Å². The number of phenolic OH excluding ortho intramolecular Hbond substituents is 1. The lowest BCUT2D eigenvalue weighted by Crippen LogP contribution is -2.54. The molecule has 0 bridgehead atoms. The summed E-state index contributed by atoms with van der Waals surface area (Å²) in [5.74, 6) is -4.25. The number of anilines is 3. The zero-order valence-corrected chi connectivity index (χ0v) is 22.8. The average molecular weight is 543 g/mol. The highest BCUT2D eigenvalue weighted by atomic mass is 16.6. The van der Waals surface area contributed by atoms with Gasteiger partial charge in [-0.15, -0.1) is 0 Å². The van der Waals surface area contributed by atoms with Crippen molar-refractivity contribution < 1.29 is 29.3 Å². The largest absolute Gasteiger partial charge is 0.507 e. The average Bonchev–Trinajstić information content (AvgIpc) is 3.42. The van der Waals surface area contributed by atoms with Crippen molar-refractivity contribution in [2.24, 2.45) is 23.7 Å². The van der Waals surface area contributed by atoms with Crippen molar-refractivity contribution in [3.63, 3.8) is 0 Å². The molecule has 3 fully saturated rings. The number of aliphatic hydroxyl groups is 1. The fraction of sp³-hybridized carbons (Fsp3) is 0.375. The standard InChI is InChI=1S/C32H34N2O6/c1-18-13-20(14-19(2)29(18)35)27-16-26-28-25(15-21(17-39-3)32(26,38)40-27)30(36)34(31(28)37)24-11-9-23(10-12-24)33-22-7-5-4-6-8-22/h4-14,21,25-28,33,35,38H,15-17H2,1-3H3/t21-,25+,26+,27+,28+,32-/m1/s1. The summed E-state index contributed by atoms with van der Waals surface area (Å²) in [6.07, 6.45) is 0.195. The van der Waals surface area contributed by atoms with Gasteiger partial charge in [0.1, 0.15) is 5.75 Å². The Balaban J connectivity index is 1.30. The second kappa shape index (κ2) is 10.0. The number of methoxy groups -OCH3 is 1. The van der Waals surface area contributed by atoms with E-state index in [1.807, 2.05) is 68.4 Å². The lowest BCUT2D eigenvalue weighted by atomic mass is 9.64. The van der Waals surface area contributed by atoms with Crippen LogP contribution in [0.5, 0.6) is 5.75 Å². The summed E-state index contributed by atoms with van der Waals surface area (Å²) in [4.78, 5) is 29.0. The van der Waals surface area contributed by atoms with Crippen molar-refractivity contribution in [1.82, 2.24) is 0 Å². The molecular formula is C32H34N2O6. The smallest absolute Gasteiger partial charge is 0.238 e. The van der Waals surface area contributed by atoms with Crippen molar-refractivity contribution >= 4 is 28.9 Å². The first kappa shape index (κ1) is 26.5. The monoisotopic (exact) mass is 542 g/mol. The Morgan fingerprint density at radius 2 is 1.62 bits per heavy atom. The number of nitrogens with one attached hydrogen (secondary N) is 1. The Kier molecular flexibility index (Phi) is 6.65. The molecule has 1 aliphatic carbocycles. The number of amides is 2. The first-order valence-electron chi connectivity index (χ1n) is 13.7. The number of hydrogen-bond donors (Lipinski definition) is 3. The summed E-state index contributed by atoms with van der Waals surface area (Å²) in [7, 11) is 1.56.